The number of hydrogen-bond acceptors (Lipinski definition) is 7. The van der Waals surface area contributed by atoms with Crippen LogP contribution in [0.4, 0.5) is 10.2 Å². The van der Waals surface area contributed by atoms with Gasteiger partial charge in [-0.3, -0.25) is 9.63 Å². The molecule has 0 bridgehead atoms. The SMILES string of the molecule is C.CC(C)(C)OCCONC(=O)c1cnn2ccc(N3CCC[C@@H]3c3cc(F)cnc3Cl)nc12. The third kappa shape index (κ3) is 5.81. The van der Waals surface area contributed by atoms with Crippen molar-refractivity contribution in [2.45, 2.75) is 52.7 Å². The van der Waals surface area contributed by atoms with Crippen LogP contribution in [0.2, 0.25) is 5.15 Å². The third-order valence-electron chi connectivity index (χ3n) is 5.22. The van der Waals surface area contributed by atoms with E-state index in [4.69, 9.17) is 21.2 Å². The number of hydroxylamine groups is 1. The maximum atomic E-state index is 13.8. The van der Waals surface area contributed by atoms with Crippen LogP contribution in [0.1, 0.15) is 63.0 Å². The van der Waals surface area contributed by atoms with Crippen LogP contribution in [0.15, 0.2) is 30.7 Å². The van der Waals surface area contributed by atoms with Gasteiger partial charge in [0, 0.05) is 18.3 Å². The number of amides is 1. The van der Waals surface area contributed by atoms with E-state index in [2.05, 4.69) is 20.5 Å². The highest BCUT2D eigenvalue weighted by Crippen LogP contribution is 2.38. The van der Waals surface area contributed by atoms with E-state index in [-0.39, 0.29) is 36.4 Å². The van der Waals surface area contributed by atoms with Crippen LogP contribution >= 0.6 is 11.6 Å². The number of hydrogen-bond donors (Lipinski definition) is 1. The van der Waals surface area contributed by atoms with Crippen molar-refractivity contribution in [3.8, 4) is 0 Å². The van der Waals surface area contributed by atoms with E-state index in [1.165, 1.54) is 16.8 Å². The Morgan fingerprint density at radius 2 is 2.12 bits per heavy atom. The Labute approximate surface area is 203 Å². The fourth-order valence-corrected chi connectivity index (χ4v) is 4.01. The van der Waals surface area contributed by atoms with Crippen molar-refractivity contribution in [3.63, 3.8) is 0 Å². The Hall–Kier alpha value is -2.82. The van der Waals surface area contributed by atoms with Crippen molar-refractivity contribution >= 4 is 29.0 Å². The molecule has 0 radical (unpaired) electrons. The molecule has 3 aromatic rings. The molecular formula is C23H30ClFN6O3. The lowest BCUT2D eigenvalue weighted by molar-refractivity contribution is -0.0511. The first kappa shape index (κ1) is 25.8. The lowest BCUT2D eigenvalue weighted by Crippen LogP contribution is -2.28. The standard InChI is InChI=1S/C22H26ClFN6O3.CH4/c1-22(2,3)32-9-10-33-28-21(31)16-13-26-30-8-6-18(27-20(16)30)29-7-4-5-17(29)15-11-14(24)12-25-19(15)23;/h6,8,11-13,17H,4-5,7,9-10H2,1-3H3,(H,28,31);1H4/t17-;/m1./s1. The number of fused-ring (bicyclic) bond motifs is 1. The second-order valence-electron chi connectivity index (χ2n) is 8.74. The van der Waals surface area contributed by atoms with Crippen molar-refractivity contribution in [2.75, 3.05) is 24.7 Å². The molecule has 3 aromatic heterocycles. The zero-order chi connectivity index (χ0) is 23.6. The molecule has 1 amide bonds. The number of halogens is 2. The van der Waals surface area contributed by atoms with Crippen molar-refractivity contribution in [2.24, 2.45) is 0 Å². The van der Waals surface area contributed by atoms with Crippen LogP contribution in [0, 0.1) is 5.82 Å². The maximum Gasteiger partial charge on any atom is 0.280 e. The third-order valence-corrected chi connectivity index (χ3v) is 5.54. The molecule has 1 atom stereocenters. The average Bonchev–Trinajstić information content (AvgIpc) is 3.41. The van der Waals surface area contributed by atoms with Crippen molar-refractivity contribution in [1.29, 1.82) is 0 Å². The van der Waals surface area contributed by atoms with Crippen molar-refractivity contribution in [3.05, 3.63) is 52.8 Å². The fourth-order valence-electron chi connectivity index (χ4n) is 3.78. The Morgan fingerprint density at radius 3 is 2.88 bits per heavy atom. The van der Waals surface area contributed by atoms with Gasteiger partial charge in [0.1, 0.15) is 22.4 Å². The molecule has 4 rings (SSSR count). The Kier molecular flexibility index (Phi) is 8.06. The average molecular weight is 493 g/mol. The minimum absolute atomic E-state index is 0. The summed E-state index contributed by atoms with van der Waals surface area (Å²) in [7, 11) is 0. The van der Waals surface area contributed by atoms with Crippen LogP contribution in [-0.4, -0.2) is 50.8 Å². The molecule has 0 saturated carbocycles. The fraction of sp³-hybridized carbons (Fsp3) is 0.478. The van der Waals surface area contributed by atoms with Crippen LogP contribution in [0.5, 0.6) is 0 Å². The first-order chi connectivity index (χ1) is 15.7. The van der Waals surface area contributed by atoms with Gasteiger partial charge in [0.25, 0.3) is 5.91 Å². The lowest BCUT2D eigenvalue weighted by Gasteiger charge is -2.26. The van der Waals surface area contributed by atoms with Crippen molar-refractivity contribution < 1.29 is 18.8 Å². The zero-order valence-electron chi connectivity index (χ0n) is 18.7. The molecule has 1 fully saturated rings. The van der Waals surface area contributed by atoms with E-state index in [9.17, 15) is 9.18 Å². The number of nitrogens with one attached hydrogen (secondary N) is 1. The van der Waals surface area contributed by atoms with Gasteiger partial charge in [-0.2, -0.15) is 5.10 Å². The number of carbonyl (C=O) groups is 1. The summed E-state index contributed by atoms with van der Waals surface area (Å²) in [4.78, 5) is 28.5. The molecule has 34 heavy (non-hydrogen) atoms. The van der Waals surface area contributed by atoms with Crippen LogP contribution in [0.3, 0.4) is 0 Å². The van der Waals surface area contributed by atoms with E-state index in [1.807, 2.05) is 25.7 Å². The number of anilines is 1. The number of aromatic nitrogens is 4. The molecular weight excluding hydrogens is 463 g/mol. The van der Waals surface area contributed by atoms with E-state index < -0.39 is 11.7 Å². The van der Waals surface area contributed by atoms with Crippen LogP contribution in [0.25, 0.3) is 5.65 Å². The molecule has 4 heterocycles. The molecule has 1 aliphatic rings. The molecule has 0 aromatic carbocycles. The summed E-state index contributed by atoms with van der Waals surface area (Å²) < 4.78 is 20.9. The minimum Gasteiger partial charge on any atom is -0.373 e. The monoisotopic (exact) mass is 492 g/mol. The molecule has 11 heteroatoms. The highest BCUT2D eigenvalue weighted by Gasteiger charge is 2.30. The first-order valence-corrected chi connectivity index (χ1v) is 11.1. The second kappa shape index (κ2) is 10.6. The normalized spacial score (nSPS) is 16.0. The molecule has 0 aliphatic carbocycles. The summed E-state index contributed by atoms with van der Waals surface area (Å²) in [5, 5.41) is 4.47. The zero-order valence-corrected chi connectivity index (χ0v) is 19.5. The van der Waals surface area contributed by atoms with E-state index >= 15 is 0 Å². The summed E-state index contributed by atoms with van der Waals surface area (Å²) in [6.45, 7) is 7.09. The van der Waals surface area contributed by atoms with E-state index in [0.717, 1.165) is 19.0 Å². The summed E-state index contributed by atoms with van der Waals surface area (Å²) >= 11 is 6.25. The lowest BCUT2D eigenvalue weighted by atomic mass is 10.1. The summed E-state index contributed by atoms with van der Waals surface area (Å²) in [6.07, 6.45) is 5.94. The highest BCUT2D eigenvalue weighted by atomic mass is 35.5. The van der Waals surface area contributed by atoms with Gasteiger partial charge in [-0.15, -0.1) is 0 Å². The number of carbonyl (C=O) groups excluding carboxylic acids is 1. The number of rotatable bonds is 7. The smallest absolute Gasteiger partial charge is 0.280 e. The van der Waals surface area contributed by atoms with E-state index in [1.54, 1.807) is 12.3 Å². The molecule has 1 saturated heterocycles. The number of nitrogens with zero attached hydrogens (tertiary/aromatic N) is 5. The van der Waals surface area contributed by atoms with Crippen LogP contribution < -0.4 is 10.4 Å². The Morgan fingerprint density at radius 1 is 1.32 bits per heavy atom. The van der Waals surface area contributed by atoms with Gasteiger partial charge in [0.15, 0.2) is 5.65 Å². The minimum atomic E-state index is -0.458. The van der Waals surface area contributed by atoms with Gasteiger partial charge >= 0.3 is 0 Å². The Bertz CT molecular complexity index is 1150. The predicted octanol–water partition coefficient (Wildman–Crippen LogP) is 4.37. The summed E-state index contributed by atoms with van der Waals surface area (Å²) in [6, 6.07) is 3.05. The quantitative estimate of drug-likeness (QED) is 0.297. The van der Waals surface area contributed by atoms with Gasteiger partial charge in [-0.25, -0.2) is 24.4 Å². The summed E-state index contributed by atoms with van der Waals surface area (Å²) in [5.74, 6) is -0.257. The highest BCUT2D eigenvalue weighted by molar-refractivity contribution is 6.30. The molecule has 1 aliphatic heterocycles. The van der Waals surface area contributed by atoms with Gasteiger partial charge in [-0.1, -0.05) is 19.0 Å². The first-order valence-electron chi connectivity index (χ1n) is 10.7. The second-order valence-corrected chi connectivity index (χ2v) is 9.10. The maximum absolute atomic E-state index is 13.8. The van der Waals surface area contributed by atoms with Gasteiger partial charge in [-0.05, 0) is 45.7 Å². The van der Waals surface area contributed by atoms with Crippen LogP contribution in [-0.2, 0) is 9.57 Å². The molecule has 1 N–H and O–H groups in total. The van der Waals surface area contributed by atoms with E-state index in [0.29, 0.717) is 30.2 Å². The summed E-state index contributed by atoms with van der Waals surface area (Å²) in [5.41, 5.74) is 3.40. The molecule has 184 valence electrons. The number of ether oxygens (including phenoxy) is 1. The van der Waals surface area contributed by atoms with Gasteiger partial charge in [0.05, 0.1) is 37.3 Å². The molecule has 0 spiro atoms. The Balaban J connectivity index is 0.00000324. The molecule has 9 nitrogen and oxygen atoms in total. The van der Waals surface area contributed by atoms with Gasteiger partial charge in [0.2, 0.25) is 0 Å². The largest absolute Gasteiger partial charge is 0.373 e. The predicted molar refractivity (Wildman–Crippen MR) is 127 cm³/mol. The van der Waals surface area contributed by atoms with Crippen molar-refractivity contribution in [1.82, 2.24) is 25.1 Å². The topological polar surface area (TPSA) is 93.9 Å². The van der Waals surface area contributed by atoms with Gasteiger partial charge < -0.3 is 9.64 Å². The number of pyridine rings is 1. The molecule has 0 unspecified atom stereocenters.